The van der Waals surface area contributed by atoms with Gasteiger partial charge in [-0.25, -0.2) is 9.59 Å². The van der Waals surface area contributed by atoms with Crippen LogP contribution in [0, 0.1) is 0 Å². The van der Waals surface area contributed by atoms with Crippen LogP contribution in [0.1, 0.15) is 58.5 Å². The average Bonchev–Trinajstić information content (AvgIpc) is 2.74. The Hall–Kier alpha value is -3.68. The smallest absolute Gasteiger partial charge is 0.338 e. The number of carboxylic acid groups (broad SMARTS) is 2. The first-order valence-electron chi connectivity index (χ1n) is 9.78. The number of hydrogen-bond donors (Lipinski definition) is 2. The first kappa shape index (κ1) is 23.6. The molecule has 2 aromatic carbocycles. The van der Waals surface area contributed by atoms with Gasteiger partial charge in [0, 0.05) is 6.42 Å². The van der Waals surface area contributed by atoms with Gasteiger partial charge in [0.1, 0.15) is 5.41 Å². The molecule has 2 rings (SSSR count). The van der Waals surface area contributed by atoms with Crippen LogP contribution in [0.3, 0.4) is 0 Å². The Morgan fingerprint density at radius 2 is 1.19 bits per heavy atom. The molecule has 8 nitrogen and oxygen atoms in total. The molecule has 0 heterocycles. The van der Waals surface area contributed by atoms with Crippen molar-refractivity contribution in [1.82, 2.24) is 0 Å². The molecule has 0 aromatic heterocycles. The van der Waals surface area contributed by atoms with Crippen molar-refractivity contribution in [3.8, 4) is 0 Å². The summed E-state index contributed by atoms with van der Waals surface area (Å²) < 4.78 is 10.2. The predicted molar refractivity (Wildman–Crippen MR) is 110 cm³/mol. The van der Waals surface area contributed by atoms with Crippen LogP contribution in [0.25, 0.3) is 0 Å². The van der Waals surface area contributed by atoms with Crippen molar-refractivity contribution in [2.45, 2.75) is 32.1 Å². The molecule has 8 heteroatoms. The monoisotopic (exact) mass is 428 g/mol. The van der Waals surface area contributed by atoms with Gasteiger partial charge in [0.2, 0.25) is 0 Å². The minimum absolute atomic E-state index is 0.0178. The van der Waals surface area contributed by atoms with Gasteiger partial charge in [0.25, 0.3) is 0 Å². The molecule has 31 heavy (non-hydrogen) atoms. The molecule has 0 amide bonds. The SMILES string of the molecule is CCOC(=O)c1ccccc1C(CCC(=O)O)(C(=O)O)c1ccccc1C(=O)OCC. The fourth-order valence-corrected chi connectivity index (χ4v) is 3.53. The molecular formula is C23H24O8. The lowest BCUT2D eigenvalue weighted by Gasteiger charge is -2.33. The third kappa shape index (κ3) is 4.91. The van der Waals surface area contributed by atoms with Crippen LogP contribution < -0.4 is 0 Å². The maximum Gasteiger partial charge on any atom is 0.338 e. The third-order valence-electron chi connectivity index (χ3n) is 4.84. The Labute approximate surface area is 179 Å². The van der Waals surface area contributed by atoms with Gasteiger partial charge in [-0.1, -0.05) is 36.4 Å². The van der Waals surface area contributed by atoms with E-state index in [-0.39, 0.29) is 35.5 Å². The zero-order valence-corrected chi connectivity index (χ0v) is 17.3. The molecule has 0 bridgehead atoms. The van der Waals surface area contributed by atoms with Crippen molar-refractivity contribution in [3.05, 3.63) is 70.8 Å². The largest absolute Gasteiger partial charge is 0.481 e. The maximum atomic E-state index is 12.8. The highest BCUT2D eigenvalue weighted by Crippen LogP contribution is 2.41. The topological polar surface area (TPSA) is 127 Å². The van der Waals surface area contributed by atoms with Gasteiger partial charge >= 0.3 is 23.9 Å². The standard InChI is InChI=1S/C23H24O8/c1-3-30-20(26)15-9-5-7-11-17(15)23(22(28)29,14-13-19(24)25)18-12-8-6-10-16(18)21(27)31-4-2/h5-12H,3-4,13-14H2,1-2H3,(H,24,25)(H,28,29). The van der Waals surface area contributed by atoms with Crippen LogP contribution >= 0.6 is 0 Å². The second-order valence-electron chi connectivity index (χ2n) is 6.64. The van der Waals surface area contributed by atoms with Crippen LogP contribution in [0.4, 0.5) is 0 Å². The van der Waals surface area contributed by atoms with E-state index in [0.29, 0.717) is 0 Å². The maximum absolute atomic E-state index is 12.8. The zero-order chi connectivity index (χ0) is 23.0. The van der Waals surface area contributed by atoms with E-state index in [1.165, 1.54) is 24.3 Å². The number of carboxylic acids is 2. The number of carbonyl (C=O) groups excluding carboxylic acids is 2. The number of carbonyl (C=O) groups is 4. The average molecular weight is 428 g/mol. The Bertz CT molecular complexity index is 918. The van der Waals surface area contributed by atoms with Gasteiger partial charge in [-0.3, -0.25) is 9.59 Å². The number of benzene rings is 2. The molecule has 0 radical (unpaired) electrons. The summed E-state index contributed by atoms with van der Waals surface area (Å²) in [4.78, 5) is 49.4. The van der Waals surface area contributed by atoms with Gasteiger partial charge in [0.05, 0.1) is 24.3 Å². The summed E-state index contributed by atoms with van der Waals surface area (Å²) in [6.45, 7) is 3.38. The quantitative estimate of drug-likeness (QED) is 0.552. The number of ether oxygens (including phenoxy) is 2. The normalized spacial score (nSPS) is 10.9. The molecular weight excluding hydrogens is 404 g/mol. The fourth-order valence-electron chi connectivity index (χ4n) is 3.53. The van der Waals surface area contributed by atoms with E-state index in [9.17, 15) is 29.4 Å². The summed E-state index contributed by atoms with van der Waals surface area (Å²) in [5.41, 5.74) is -1.96. The van der Waals surface area contributed by atoms with E-state index in [1.54, 1.807) is 38.1 Å². The van der Waals surface area contributed by atoms with Gasteiger partial charge in [-0.15, -0.1) is 0 Å². The number of esters is 2. The summed E-state index contributed by atoms with van der Waals surface area (Å²) >= 11 is 0. The van der Waals surface area contributed by atoms with Crippen molar-refractivity contribution in [1.29, 1.82) is 0 Å². The van der Waals surface area contributed by atoms with E-state index in [0.717, 1.165) is 0 Å². The van der Waals surface area contributed by atoms with E-state index < -0.39 is 42.1 Å². The molecule has 0 saturated carbocycles. The van der Waals surface area contributed by atoms with Crippen LogP contribution in [0.2, 0.25) is 0 Å². The summed E-state index contributed by atoms with van der Waals surface area (Å²) in [6, 6.07) is 11.9. The summed E-state index contributed by atoms with van der Waals surface area (Å²) in [5, 5.41) is 19.7. The molecule has 0 aliphatic rings. The van der Waals surface area contributed by atoms with Crippen LogP contribution in [0.5, 0.6) is 0 Å². The highest BCUT2D eigenvalue weighted by Gasteiger charge is 2.47. The molecule has 2 aromatic rings. The predicted octanol–water partition coefficient (Wildman–Crippen LogP) is 3.28. The Balaban J connectivity index is 2.89. The molecule has 2 N–H and O–H groups in total. The van der Waals surface area contributed by atoms with Gasteiger partial charge < -0.3 is 19.7 Å². The van der Waals surface area contributed by atoms with Crippen LogP contribution in [0.15, 0.2) is 48.5 Å². The van der Waals surface area contributed by atoms with Crippen molar-refractivity contribution in [2.24, 2.45) is 0 Å². The van der Waals surface area contributed by atoms with E-state index in [1.807, 2.05) is 0 Å². The molecule has 0 atom stereocenters. The Kier molecular flexibility index (Phi) is 7.90. The lowest BCUT2D eigenvalue weighted by atomic mass is 9.68. The van der Waals surface area contributed by atoms with Gasteiger partial charge in [0.15, 0.2) is 0 Å². The summed E-state index contributed by atoms with van der Waals surface area (Å²) in [6.07, 6.45) is -0.912. The zero-order valence-electron chi connectivity index (χ0n) is 17.3. The minimum atomic E-state index is -2.01. The molecule has 0 aliphatic carbocycles. The molecule has 0 fully saturated rings. The first-order valence-corrected chi connectivity index (χ1v) is 9.78. The number of aliphatic carboxylic acids is 2. The molecule has 164 valence electrons. The van der Waals surface area contributed by atoms with E-state index in [2.05, 4.69) is 0 Å². The highest BCUT2D eigenvalue weighted by atomic mass is 16.5. The van der Waals surface area contributed by atoms with Crippen LogP contribution in [-0.4, -0.2) is 47.3 Å². The van der Waals surface area contributed by atoms with E-state index in [4.69, 9.17) is 9.47 Å². The second-order valence-corrected chi connectivity index (χ2v) is 6.64. The van der Waals surface area contributed by atoms with Crippen LogP contribution in [-0.2, 0) is 24.5 Å². The minimum Gasteiger partial charge on any atom is -0.481 e. The number of rotatable bonds is 10. The van der Waals surface area contributed by atoms with Crippen molar-refractivity contribution in [2.75, 3.05) is 13.2 Å². The third-order valence-corrected chi connectivity index (χ3v) is 4.84. The van der Waals surface area contributed by atoms with Crippen molar-refractivity contribution < 1.29 is 38.9 Å². The summed E-state index contributed by atoms with van der Waals surface area (Å²) in [5.74, 6) is -4.10. The van der Waals surface area contributed by atoms with Crippen molar-refractivity contribution >= 4 is 23.9 Å². The molecule has 0 spiro atoms. The summed E-state index contributed by atoms with van der Waals surface area (Å²) in [7, 11) is 0. The van der Waals surface area contributed by atoms with Crippen molar-refractivity contribution in [3.63, 3.8) is 0 Å². The number of hydrogen-bond acceptors (Lipinski definition) is 6. The molecule has 0 aliphatic heterocycles. The van der Waals surface area contributed by atoms with Gasteiger partial charge in [-0.05, 0) is 43.5 Å². The molecule has 0 unspecified atom stereocenters. The lowest BCUT2D eigenvalue weighted by molar-refractivity contribution is -0.143. The molecule has 0 saturated heterocycles. The lowest BCUT2D eigenvalue weighted by Crippen LogP contribution is -2.40. The second kappa shape index (κ2) is 10.4. The Morgan fingerprint density at radius 1 is 0.774 bits per heavy atom. The Morgan fingerprint density at radius 3 is 1.55 bits per heavy atom. The van der Waals surface area contributed by atoms with Gasteiger partial charge in [-0.2, -0.15) is 0 Å². The van der Waals surface area contributed by atoms with E-state index >= 15 is 0 Å². The first-order chi connectivity index (χ1) is 14.8. The highest BCUT2D eigenvalue weighted by molar-refractivity contribution is 6.00. The fraction of sp³-hybridized carbons (Fsp3) is 0.304.